The van der Waals surface area contributed by atoms with E-state index in [1.165, 1.54) is 19.3 Å². The molecule has 0 radical (unpaired) electrons. The van der Waals surface area contributed by atoms with Gasteiger partial charge in [-0.2, -0.15) is 0 Å². The first-order valence-electron chi connectivity index (χ1n) is 4.99. The Hall–Kier alpha value is -0.563. The largest absolute Gasteiger partial charge is 0.0708 e. The molecule has 1 heteroatoms. The molecule has 1 aliphatic rings. The first-order valence-corrected chi connectivity index (χ1v) is 7.11. The Balaban J connectivity index is 2.27. The van der Waals surface area contributed by atoms with Gasteiger partial charge in [-0.25, -0.2) is 0 Å². The molecule has 1 aromatic rings. The molecule has 0 atom stereocenters. The van der Waals surface area contributed by atoms with E-state index in [0.717, 1.165) is 5.92 Å². The van der Waals surface area contributed by atoms with E-state index in [1.807, 2.05) is 0 Å². The lowest BCUT2D eigenvalue weighted by molar-refractivity contribution is 0.421. The van der Waals surface area contributed by atoms with Crippen LogP contribution in [0.3, 0.4) is 0 Å². The van der Waals surface area contributed by atoms with Gasteiger partial charge in [0, 0.05) is 0 Å². The van der Waals surface area contributed by atoms with Crippen molar-refractivity contribution in [3.05, 3.63) is 29.8 Å². The van der Waals surface area contributed by atoms with Crippen LogP contribution < -0.4 is 5.19 Å². The summed E-state index contributed by atoms with van der Waals surface area (Å²) < 4.78 is 0. The fraction of sp³-hybridized carbons (Fsp3) is 0.455. The third-order valence-corrected chi connectivity index (χ3v) is 4.39. The van der Waals surface area contributed by atoms with E-state index >= 15 is 0 Å². The normalized spacial score (nSPS) is 18.4. The predicted octanol–water partition coefficient (Wildman–Crippen LogP) is 1.80. The summed E-state index contributed by atoms with van der Waals surface area (Å²) in [5.41, 5.74) is 1.68. The van der Waals surface area contributed by atoms with Crippen molar-refractivity contribution in [1.29, 1.82) is 0 Å². The maximum atomic E-state index is 2.39. The molecule has 1 aliphatic carbocycles. The zero-order chi connectivity index (χ0) is 8.39. The highest BCUT2D eigenvalue weighted by Crippen LogP contribution is 2.35. The summed E-state index contributed by atoms with van der Waals surface area (Å²) in [7, 11) is 0.0441. The van der Waals surface area contributed by atoms with Gasteiger partial charge in [-0.05, 0) is 24.3 Å². The third kappa shape index (κ3) is 1.33. The molecule has 0 N–H and O–H groups in total. The topological polar surface area (TPSA) is 0 Å². The molecule has 0 heterocycles. The molecule has 1 fully saturated rings. The van der Waals surface area contributed by atoms with Gasteiger partial charge in [0.25, 0.3) is 0 Å². The fourth-order valence-corrected chi connectivity index (χ4v) is 3.16. The van der Waals surface area contributed by atoms with Crippen LogP contribution in [0.4, 0.5) is 0 Å². The minimum absolute atomic E-state index is 0.0441. The highest BCUT2D eigenvalue weighted by molar-refractivity contribution is 6.52. The van der Waals surface area contributed by atoms with Crippen molar-refractivity contribution in [2.24, 2.45) is 0 Å². The average molecular weight is 176 g/mol. The Kier molecular flexibility index (Phi) is 2.31. The monoisotopic (exact) mass is 176 g/mol. The highest BCUT2D eigenvalue weighted by atomic mass is 28.2. The van der Waals surface area contributed by atoms with Gasteiger partial charge in [-0.3, -0.25) is 0 Å². The van der Waals surface area contributed by atoms with Crippen LogP contribution in [0.15, 0.2) is 24.3 Å². The van der Waals surface area contributed by atoms with Gasteiger partial charge in [0.1, 0.15) is 0 Å². The standard InChI is InChI=1S/C11H16Si/c1-12-11-8-3-2-7-10(11)9-5-4-6-9/h2-3,7-9H,4-6,12H2,1H3. The van der Waals surface area contributed by atoms with Crippen LogP contribution in [0.1, 0.15) is 30.7 Å². The van der Waals surface area contributed by atoms with Crippen molar-refractivity contribution in [1.82, 2.24) is 0 Å². The number of hydrogen-bond donors (Lipinski definition) is 0. The van der Waals surface area contributed by atoms with Crippen molar-refractivity contribution < 1.29 is 0 Å². The molecule has 0 aliphatic heterocycles. The second-order valence-corrected chi connectivity index (χ2v) is 5.15. The summed E-state index contributed by atoms with van der Waals surface area (Å²) in [6.07, 6.45) is 4.32. The molecule has 1 saturated carbocycles. The lowest BCUT2D eigenvalue weighted by Gasteiger charge is -2.27. The Labute approximate surface area is 76.8 Å². The summed E-state index contributed by atoms with van der Waals surface area (Å²) in [5, 5.41) is 1.70. The minimum atomic E-state index is 0.0441. The molecule has 64 valence electrons. The Morgan fingerprint density at radius 1 is 1.25 bits per heavy atom. The predicted molar refractivity (Wildman–Crippen MR) is 57.1 cm³/mol. The maximum Gasteiger partial charge on any atom is 0.0520 e. The summed E-state index contributed by atoms with van der Waals surface area (Å²) in [5.74, 6) is 0.925. The van der Waals surface area contributed by atoms with E-state index in [0.29, 0.717) is 0 Å². The lowest BCUT2D eigenvalue weighted by Crippen LogP contribution is -2.22. The first kappa shape index (κ1) is 8.05. The van der Waals surface area contributed by atoms with Crippen LogP contribution in [0.25, 0.3) is 0 Å². The number of rotatable bonds is 2. The number of benzene rings is 1. The first-order chi connectivity index (χ1) is 5.92. The fourth-order valence-electron chi connectivity index (χ4n) is 1.97. The third-order valence-electron chi connectivity index (χ3n) is 2.98. The van der Waals surface area contributed by atoms with Gasteiger partial charge in [0.2, 0.25) is 0 Å². The average Bonchev–Trinajstić information content (AvgIpc) is 2.02. The van der Waals surface area contributed by atoms with Crippen LogP contribution in [-0.2, 0) is 0 Å². The molecule has 0 nitrogen and oxygen atoms in total. The summed E-state index contributed by atoms with van der Waals surface area (Å²) >= 11 is 0. The van der Waals surface area contributed by atoms with Gasteiger partial charge in [-0.1, -0.05) is 42.4 Å². The Bertz CT molecular complexity index is 263. The Morgan fingerprint density at radius 3 is 2.58 bits per heavy atom. The van der Waals surface area contributed by atoms with Gasteiger partial charge in [0.15, 0.2) is 0 Å². The number of hydrogen-bond acceptors (Lipinski definition) is 0. The van der Waals surface area contributed by atoms with Gasteiger partial charge >= 0.3 is 0 Å². The smallest absolute Gasteiger partial charge is 0.0520 e. The molecular weight excluding hydrogens is 160 g/mol. The second kappa shape index (κ2) is 3.44. The van der Waals surface area contributed by atoms with Gasteiger partial charge in [0.05, 0.1) is 9.52 Å². The van der Waals surface area contributed by atoms with Crippen molar-refractivity contribution in [2.45, 2.75) is 31.7 Å². The lowest BCUT2D eigenvalue weighted by atomic mass is 9.80. The molecule has 0 aromatic heterocycles. The molecule has 1 aromatic carbocycles. The molecule has 0 amide bonds. The highest BCUT2D eigenvalue weighted by Gasteiger charge is 2.20. The quantitative estimate of drug-likeness (QED) is 0.603. The molecule has 0 unspecified atom stereocenters. The SMILES string of the molecule is C[SiH2]c1ccccc1C1CCC1. The van der Waals surface area contributed by atoms with Crippen LogP contribution >= 0.6 is 0 Å². The molecule has 12 heavy (non-hydrogen) atoms. The maximum absolute atomic E-state index is 2.39. The van der Waals surface area contributed by atoms with Crippen LogP contribution in [-0.4, -0.2) is 9.52 Å². The van der Waals surface area contributed by atoms with Crippen molar-refractivity contribution in [3.8, 4) is 0 Å². The molecule has 0 bridgehead atoms. The molecular formula is C11H16Si. The summed E-state index contributed by atoms with van der Waals surface area (Å²) in [4.78, 5) is 0. The molecule has 0 spiro atoms. The van der Waals surface area contributed by atoms with E-state index < -0.39 is 0 Å². The van der Waals surface area contributed by atoms with Crippen LogP contribution in [0, 0.1) is 0 Å². The Morgan fingerprint density at radius 2 is 2.00 bits per heavy atom. The van der Waals surface area contributed by atoms with Crippen LogP contribution in [0.2, 0.25) is 6.55 Å². The van der Waals surface area contributed by atoms with Crippen molar-refractivity contribution >= 4 is 14.7 Å². The summed E-state index contributed by atoms with van der Waals surface area (Å²) in [6.45, 7) is 2.39. The van der Waals surface area contributed by atoms with E-state index in [2.05, 4.69) is 30.8 Å². The zero-order valence-corrected chi connectivity index (χ0v) is 9.13. The van der Waals surface area contributed by atoms with Crippen molar-refractivity contribution in [2.75, 3.05) is 0 Å². The van der Waals surface area contributed by atoms with E-state index in [1.54, 1.807) is 10.8 Å². The summed E-state index contributed by atoms with van der Waals surface area (Å²) in [6, 6.07) is 9.06. The molecule has 2 rings (SSSR count). The van der Waals surface area contributed by atoms with E-state index in [4.69, 9.17) is 0 Å². The van der Waals surface area contributed by atoms with E-state index in [9.17, 15) is 0 Å². The minimum Gasteiger partial charge on any atom is -0.0708 e. The van der Waals surface area contributed by atoms with Crippen LogP contribution in [0.5, 0.6) is 0 Å². The van der Waals surface area contributed by atoms with Gasteiger partial charge in [-0.15, -0.1) is 0 Å². The van der Waals surface area contributed by atoms with Crippen molar-refractivity contribution in [3.63, 3.8) is 0 Å². The van der Waals surface area contributed by atoms with Gasteiger partial charge < -0.3 is 0 Å². The molecule has 0 saturated heterocycles. The zero-order valence-electron chi connectivity index (χ0n) is 7.72. The van der Waals surface area contributed by atoms with E-state index in [-0.39, 0.29) is 9.52 Å². The second-order valence-electron chi connectivity index (χ2n) is 3.68.